The van der Waals surface area contributed by atoms with Gasteiger partial charge < -0.3 is 9.84 Å². The first-order valence-electron chi connectivity index (χ1n) is 6.94. The molecule has 2 fully saturated rings. The molecule has 0 aromatic heterocycles. The SMILES string of the molecule is C[C@H]1C(=O)O[C@@H]2[C@@H]1CC[C@]1(C)C(=O)C=C[C@](C)(O)[C@@H]21. The molecule has 3 aliphatic rings. The maximum absolute atomic E-state index is 12.3. The van der Waals surface area contributed by atoms with Gasteiger partial charge in [-0.05, 0) is 31.9 Å². The average molecular weight is 264 g/mol. The first-order chi connectivity index (χ1) is 8.77. The fourth-order valence-electron chi connectivity index (χ4n) is 4.29. The van der Waals surface area contributed by atoms with E-state index in [0.717, 1.165) is 6.42 Å². The van der Waals surface area contributed by atoms with Crippen molar-refractivity contribution in [2.45, 2.75) is 45.3 Å². The lowest BCUT2D eigenvalue weighted by molar-refractivity contribution is -0.167. The number of esters is 1. The molecule has 1 N–H and O–H groups in total. The van der Waals surface area contributed by atoms with Crippen LogP contribution in [0.4, 0.5) is 0 Å². The highest BCUT2D eigenvalue weighted by molar-refractivity contribution is 5.96. The van der Waals surface area contributed by atoms with Crippen molar-refractivity contribution in [2.75, 3.05) is 0 Å². The summed E-state index contributed by atoms with van der Waals surface area (Å²) in [5, 5.41) is 10.6. The molecule has 0 aromatic carbocycles. The van der Waals surface area contributed by atoms with Crippen LogP contribution in [-0.2, 0) is 14.3 Å². The summed E-state index contributed by atoms with van der Waals surface area (Å²) in [4.78, 5) is 24.1. The van der Waals surface area contributed by atoms with Crippen molar-refractivity contribution in [3.8, 4) is 0 Å². The average Bonchev–Trinajstić information content (AvgIpc) is 2.60. The van der Waals surface area contributed by atoms with Crippen LogP contribution in [0.1, 0.15) is 33.6 Å². The third-order valence-corrected chi connectivity index (χ3v) is 5.46. The number of fused-ring (bicyclic) bond motifs is 3. The molecule has 4 heteroatoms. The minimum Gasteiger partial charge on any atom is -0.461 e. The molecule has 19 heavy (non-hydrogen) atoms. The predicted molar refractivity (Wildman–Crippen MR) is 68.1 cm³/mol. The van der Waals surface area contributed by atoms with E-state index in [2.05, 4.69) is 0 Å². The first-order valence-corrected chi connectivity index (χ1v) is 6.94. The first kappa shape index (κ1) is 12.9. The molecule has 1 aliphatic heterocycles. The second-order valence-corrected chi connectivity index (χ2v) is 6.71. The van der Waals surface area contributed by atoms with E-state index >= 15 is 0 Å². The zero-order valence-electron chi connectivity index (χ0n) is 11.6. The second kappa shape index (κ2) is 3.69. The van der Waals surface area contributed by atoms with Crippen LogP contribution in [0.5, 0.6) is 0 Å². The van der Waals surface area contributed by atoms with Crippen molar-refractivity contribution in [1.82, 2.24) is 0 Å². The number of carbonyl (C=O) groups excluding carboxylic acids is 2. The zero-order valence-corrected chi connectivity index (χ0v) is 11.6. The Kier molecular flexibility index (Phi) is 2.50. The van der Waals surface area contributed by atoms with Gasteiger partial charge in [-0.2, -0.15) is 0 Å². The molecule has 3 rings (SSSR count). The Morgan fingerprint density at radius 1 is 1.37 bits per heavy atom. The summed E-state index contributed by atoms with van der Waals surface area (Å²) >= 11 is 0. The molecule has 0 radical (unpaired) electrons. The van der Waals surface area contributed by atoms with E-state index in [4.69, 9.17) is 4.74 Å². The number of aliphatic hydroxyl groups is 1. The Bertz CT molecular complexity index is 479. The molecule has 4 nitrogen and oxygen atoms in total. The number of ketones is 1. The van der Waals surface area contributed by atoms with E-state index in [1.54, 1.807) is 13.0 Å². The maximum atomic E-state index is 12.3. The lowest BCUT2D eigenvalue weighted by atomic mass is 9.53. The van der Waals surface area contributed by atoms with Gasteiger partial charge in [0.25, 0.3) is 0 Å². The molecule has 1 saturated heterocycles. The van der Waals surface area contributed by atoms with Crippen LogP contribution in [0.3, 0.4) is 0 Å². The van der Waals surface area contributed by atoms with Gasteiger partial charge in [-0.25, -0.2) is 0 Å². The Balaban J connectivity index is 2.07. The molecule has 1 saturated carbocycles. The van der Waals surface area contributed by atoms with Gasteiger partial charge in [0.15, 0.2) is 5.78 Å². The van der Waals surface area contributed by atoms with Crippen molar-refractivity contribution in [1.29, 1.82) is 0 Å². The summed E-state index contributed by atoms with van der Waals surface area (Å²) in [5.41, 5.74) is -1.72. The van der Waals surface area contributed by atoms with Gasteiger partial charge in [0.1, 0.15) is 6.10 Å². The zero-order chi connectivity index (χ0) is 14.0. The monoisotopic (exact) mass is 264 g/mol. The summed E-state index contributed by atoms with van der Waals surface area (Å²) in [6.45, 7) is 5.48. The van der Waals surface area contributed by atoms with Gasteiger partial charge in [-0.3, -0.25) is 9.59 Å². The summed E-state index contributed by atoms with van der Waals surface area (Å²) < 4.78 is 5.51. The lowest BCUT2D eigenvalue weighted by Gasteiger charge is -2.52. The number of carbonyl (C=O) groups is 2. The predicted octanol–water partition coefficient (Wildman–Crippen LogP) is 1.47. The summed E-state index contributed by atoms with van der Waals surface area (Å²) in [6.07, 6.45) is 4.21. The topological polar surface area (TPSA) is 63.6 Å². The standard InChI is InChI=1S/C15H20O4/c1-8-9-4-6-14(2)10(16)5-7-15(3,18)12(14)11(9)19-13(8)17/h5,7-9,11-12,18H,4,6H2,1-3H3/t8-,9-,11-,12+,14-,15+/m1/s1. The molecular weight excluding hydrogens is 244 g/mol. The largest absolute Gasteiger partial charge is 0.461 e. The highest BCUT2D eigenvalue weighted by Gasteiger charge is 2.62. The molecule has 0 unspecified atom stereocenters. The second-order valence-electron chi connectivity index (χ2n) is 6.71. The summed E-state index contributed by atoms with van der Waals surface area (Å²) in [7, 11) is 0. The molecule has 0 spiro atoms. The number of rotatable bonds is 0. The van der Waals surface area contributed by atoms with Crippen LogP contribution in [0, 0.1) is 23.2 Å². The Hall–Kier alpha value is -1.16. The van der Waals surface area contributed by atoms with E-state index in [0.29, 0.717) is 6.42 Å². The van der Waals surface area contributed by atoms with Crippen LogP contribution in [-0.4, -0.2) is 28.6 Å². The van der Waals surface area contributed by atoms with Gasteiger partial charge >= 0.3 is 5.97 Å². The number of hydrogen-bond acceptors (Lipinski definition) is 4. The van der Waals surface area contributed by atoms with Crippen LogP contribution >= 0.6 is 0 Å². The third-order valence-electron chi connectivity index (χ3n) is 5.46. The number of ether oxygens (including phenoxy) is 1. The van der Waals surface area contributed by atoms with E-state index in [1.807, 2.05) is 13.8 Å². The highest BCUT2D eigenvalue weighted by Crippen LogP contribution is 2.56. The molecule has 0 bridgehead atoms. The number of hydrogen-bond donors (Lipinski definition) is 1. The van der Waals surface area contributed by atoms with Gasteiger partial charge in [0.2, 0.25) is 0 Å². The third kappa shape index (κ3) is 1.55. The Labute approximate surface area is 112 Å². The van der Waals surface area contributed by atoms with Crippen molar-refractivity contribution < 1.29 is 19.4 Å². The lowest BCUT2D eigenvalue weighted by Crippen LogP contribution is -2.59. The van der Waals surface area contributed by atoms with Crippen LogP contribution < -0.4 is 0 Å². The van der Waals surface area contributed by atoms with Crippen molar-refractivity contribution >= 4 is 11.8 Å². The minimum atomic E-state index is -1.10. The summed E-state index contributed by atoms with van der Waals surface area (Å²) in [6, 6.07) is 0. The van der Waals surface area contributed by atoms with Crippen LogP contribution in [0.25, 0.3) is 0 Å². The molecule has 0 amide bonds. The van der Waals surface area contributed by atoms with Crippen LogP contribution in [0.15, 0.2) is 12.2 Å². The molecule has 1 heterocycles. The van der Waals surface area contributed by atoms with E-state index in [-0.39, 0.29) is 35.6 Å². The van der Waals surface area contributed by atoms with E-state index < -0.39 is 11.0 Å². The molecule has 0 aromatic rings. The maximum Gasteiger partial charge on any atom is 0.309 e. The smallest absolute Gasteiger partial charge is 0.309 e. The van der Waals surface area contributed by atoms with Gasteiger partial charge in [0.05, 0.1) is 11.5 Å². The van der Waals surface area contributed by atoms with Gasteiger partial charge in [-0.1, -0.05) is 13.8 Å². The Morgan fingerprint density at radius 2 is 2.05 bits per heavy atom. The Morgan fingerprint density at radius 3 is 2.74 bits per heavy atom. The van der Waals surface area contributed by atoms with Crippen molar-refractivity contribution in [2.24, 2.45) is 23.2 Å². The van der Waals surface area contributed by atoms with Crippen LogP contribution in [0.2, 0.25) is 0 Å². The highest BCUT2D eigenvalue weighted by atomic mass is 16.6. The van der Waals surface area contributed by atoms with E-state index in [1.165, 1.54) is 6.08 Å². The molecule has 104 valence electrons. The van der Waals surface area contributed by atoms with Crippen molar-refractivity contribution in [3.63, 3.8) is 0 Å². The van der Waals surface area contributed by atoms with Gasteiger partial charge in [0, 0.05) is 17.3 Å². The number of allylic oxidation sites excluding steroid dienone is 1. The molecule has 6 atom stereocenters. The normalized spacial score (nSPS) is 52.6. The fourth-order valence-corrected chi connectivity index (χ4v) is 4.29. The minimum absolute atomic E-state index is 0.0399. The molecular formula is C15H20O4. The van der Waals surface area contributed by atoms with Gasteiger partial charge in [-0.15, -0.1) is 0 Å². The summed E-state index contributed by atoms with van der Waals surface area (Å²) in [5.74, 6) is -0.511. The molecule has 2 aliphatic carbocycles. The van der Waals surface area contributed by atoms with E-state index in [9.17, 15) is 14.7 Å². The quantitative estimate of drug-likeness (QED) is 0.673. The van der Waals surface area contributed by atoms with Crippen molar-refractivity contribution in [3.05, 3.63) is 12.2 Å². The fraction of sp³-hybridized carbons (Fsp3) is 0.733.